The number of carbonyl (C=O) groups excluding carboxylic acids is 1. The zero-order chi connectivity index (χ0) is 18.0. The summed E-state index contributed by atoms with van der Waals surface area (Å²) in [6, 6.07) is 13.7. The number of alkyl halides is 3. The number of fused-ring (bicyclic) bond motifs is 1. The van der Waals surface area contributed by atoms with E-state index in [4.69, 9.17) is 0 Å². The number of para-hydroxylation sites is 1. The van der Waals surface area contributed by atoms with Crippen LogP contribution in [0.3, 0.4) is 0 Å². The van der Waals surface area contributed by atoms with E-state index in [1.54, 1.807) is 13.1 Å². The summed E-state index contributed by atoms with van der Waals surface area (Å²) in [5, 5.41) is -0.252. The Hall–Kier alpha value is -2.15. The van der Waals surface area contributed by atoms with Gasteiger partial charge in [0, 0.05) is 24.1 Å². The summed E-state index contributed by atoms with van der Waals surface area (Å²) in [5.74, 6) is -0.389. The highest BCUT2D eigenvalue weighted by Gasteiger charge is 2.33. The summed E-state index contributed by atoms with van der Waals surface area (Å²) < 4.78 is 41.6. The molecule has 0 fully saturated rings. The van der Waals surface area contributed by atoms with Crippen LogP contribution in [0.25, 0.3) is 0 Å². The molecule has 0 bridgehead atoms. The number of ether oxygens (including phenoxy) is 1. The smallest absolute Gasteiger partial charge is 0.405 e. The molecular formula is C18H16F3NO2S. The van der Waals surface area contributed by atoms with E-state index in [0.29, 0.717) is 12.0 Å². The van der Waals surface area contributed by atoms with Gasteiger partial charge in [-0.25, -0.2) is 0 Å². The quantitative estimate of drug-likeness (QED) is 0.809. The summed E-state index contributed by atoms with van der Waals surface area (Å²) in [6.45, 7) is 0.0541. The van der Waals surface area contributed by atoms with Gasteiger partial charge < -0.3 is 9.64 Å². The van der Waals surface area contributed by atoms with Gasteiger partial charge in [0.15, 0.2) is 0 Å². The molecule has 1 aliphatic rings. The highest BCUT2D eigenvalue weighted by molar-refractivity contribution is 8.01. The molecule has 3 rings (SSSR count). The number of carbonyl (C=O) groups is 1. The van der Waals surface area contributed by atoms with Crippen molar-refractivity contribution >= 4 is 17.7 Å². The maximum atomic E-state index is 12.7. The van der Waals surface area contributed by atoms with Crippen molar-refractivity contribution in [2.45, 2.75) is 29.5 Å². The standard InChI is InChI=1S/C18H16F3NO2S/c1-22(11-13-7-2-4-8-14(13)24-18(19,20)21)17(23)16-10-12-6-3-5-9-15(12)25-16/h2-9,16H,10-11H2,1H3. The largest absolute Gasteiger partial charge is 0.573 e. The number of halogens is 3. The predicted octanol–water partition coefficient (Wildman–Crippen LogP) is 4.26. The van der Waals surface area contributed by atoms with Gasteiger partial charge in [0.25, 0.3) is 0 Å². The highest BCUT2D eigenvalue weighted by atomic mass is 32.2. The molecule has 1 aliphatic heterocycles. The van der Waals surface area contributed by atoms with E-state index in [-0.39, 0.29) is 23.5 Å². The fraction of sp³-hybridized carbons (Fsp3) is 0.278. The number of benzene rings is 2. The summed E-state index contributed by atoms with van der Waals surface area (Å²) in [4.78, 5) is 15.2. The number of thioether (sulfide) groups is 1. The lowest BCUT2D eigenvalue weighted by molar-refractivity contribution is -0.275. The number of hydrogen-bond acceptors (Lipinski definition) is 3. The molecule has 25 heavy (non-hydrogen) atoms. The Balaban J connectivity index is 1.69. The van der Waals surface area contributed by atoms with Crippen LogP contribution in [-0.4, -0.2) is 29.5 Å². The second kappa shape index (κ2) is 7.00. The average Bonchev–Trinajstić information content (AvgIpc) is 2.98. The Morgan fingerprint density at radius 1 is 1.20 bits per heavy atom. The first-order valence-electron chi connectivity index (χ1n) is 7.66. The van der Waals surface area contributed by atoms with Crippen LogP contribution in [0.1, 0.15) is 11.1 Å². The molecule has 132 valence electrons. The van der Waals surface area contributed by atoms with Crippen LogP contribution in [0.15, 0.2) is 53.4 Å². The zero-order valence-electron chi connectivity index (χ0n) is 13.4. The molecule has 0 saturated heterocycles. The number of amides is 1. The Kier molecular flexibility index (Phi) is 4.94. The molecule has 2 aromatic carbocycles. The molecule has 7 heteroatoms. The van der Waals surface area contributed by atoms with Gasteiger partial charge in [0.05, 0.1) is 5.25 Å². The molecule has 0 aliphatic carbocycles. The van der Waals surface area contributed by atoms with Crippen molar-refractivity contribution in [3.63, 3.8) is 0 Å². The van der Waals surface area contributed by atoms with Crippen LogP contribution in [0.4, 0.5) is 13.2 Å². The van der Waals surface area contributed by atoms with Gasteiger partial charge in [-0.3, -0.25) is 4.79 Å². The number of rotatable bonds is 4. The first kappa shape index (κ1) is 17.7. The van der Waals surface area contributed by atoms with Crippen LogP contribution in [0.2, 0.25) is 0 Å². The Bertz CT molecular complexity index is 754. The maximum Gasteiger partial charge on any atom is 0.573 e. The molecule has 1 unspecified atom stereocenters. The van der Waals surface area contributed by atoms with Gasteiger partial charge in [-0.1, -0.05) is 36.4 Å². The van der Waals surface area contributed by atoms with Crippen molar-refractivity contribution < 1.29 is 22.7 Å². The number of nitrogens with zero attached hydrogens (tertiary/aromatic N) is 1. The minimum absolute atomic E-state index is 0.0541. The topological polar surface area (TPSA) is 29.5 Å². The third-order valence-corrected chi connectivity index (χ3v) is 5.21. The van der Waals surface area contributed by atoms with Gasteiger partial charge in [0.1, 0.15) is 5.75 Å². The molecule has 0 radical (unpaired) electrons. The van der Waals surface area contributed by atoms with Crippen molar-refractivity contribution in [1.29, 1.82) is 0 Å². The van der Waals surface area contributed by atoms with E-state index in [2.05, 4.69) is 4.74 Å². The fourth-order valence-corrected chi connectivity index (χ4v) is 4.07. The van der Waals surface area contributed by atoms with Crippen molar-refractivity contribution in [3.8, 4) is 5.75 Å². The summed E-state index contributed by atoms with van der Waals surface area (Å²) >= 11 is 1.49. The molecular weight excluding hydrogens is 351 g/mol. The molecule has 0 N–H and O–H groups in total. The Morgan fingerprint density at radius 2 is 1.88 bits per heavy atom. The zero-order valence-corrected chi connectivity index (χ0v) is 14.2. The second-order valence-corrected chi connectivity index (χ2v) is 7.01. The van der Waals surface area contributed by atoms with Crippen LogP contribution in [0, 0.1) is 0 Å². The lowest BCUT2D eigenvalue weighted by Gasteiger charge is -2.22. The second-order valence-electron chi connectivity index (χ2n) is 5.77. The average molecular weight is 367 g/mol. The molecule has 0 spiro atoms. The lowest BCUT2D eigenvalue weighted by atomic mass is 10.1. The maximum absolute atomic E-state index is 12.7. The third kappa shape index (κ3) is 4.28. The molecule has 1 heterocycles. The van der Waals surface area contributed by atoms with Gasteiger partial charge in [-0.2, -0.15) is 0 Å². The Labute approximate surface area is 147 Å². The van der Waals surface area contributed by atoms with Gasteiger partial charge in [0.2, 0.25) is 5.91 Å². The minimum atomic E-state index is -4.76. The molecule has 3 nitrogen and oxygen atoms in total. The number of hydrogen-bond donors (Lipinski definition) is 0. The Morgan fingerprint density at radius 3 is 2.60 bits per heavy atom. The van der Waals surface area contributed by atoms with E-state index >= 15 is 0 Å². The van der Waals surface area contributed by atoms with Gasteiger partial charge in [-0.15, -0.1) is 24.9 Å². The molecule has 2 aromatic rings. The molecule has 0 aromatic heterocycles. The van der Waals surface area contributed by atoms with Crippen LogP contribution < -0.4 is 4.74 Å². The van der Waals surface area contributed by atoms with Crippen LogP contribution in [0.5, 0.6) is 5.75 Å². The van der Waals surface area contributed by atoms with Crippen molar-refractivity contribution in [2.75, 3.05) is 7.05 Å². The molecule has 1 atom stereocenters. The minimum Gasteiger partial charge on any atom is -0.405 e. The molecule has 0 saturated carbocycles. The first-order valence-corrected chi connectivity index (χ1v) is 8.54. The predicted molar refractivity (Wildman–Crippen MR) is 89.4 cm³/mol. The highest BCUT2D eigenvalue weighted by Crippen LogP contribution is 2.37. The summed E-state index contributed by atoms with van der Waals surface area (Å²) in [7, 11) is 1.59. The third-order valence-electron chi connectivity index (χ3n) is 3.90. The first-order chi connectivity index (χ1) is 11.8. The van der Waals surface area contributed by atoms with Gasteiger partial charge >= 0.3 is 6.36 Å². The normalized spacial score (nSPS) is 16.4. The monoisotopic (exact) mass is 367 g/mol. The van der Waals surface area contributed by atoms with E-state index in [0.717, 1.165) is 10.5 Å². The SMILES string of the molecule is CN(Cc1ccccc1OC(F)(F)F)C(=O)C1Cc2ccccc2S1. The summed E-state index contributed by atoms with van der Waals surface area (Å²) in [5.41, 5.74) is 1.44. The van der Waals surface area contributed by atoms with Gasteiger partial charge in [-0.05, 0) is 24.1 Å². The van der Waals surface area contributed by atoms with Crippen molar-refractivity contribution in [2.24, 2.45) is 0 Å². The van der Waals surface area contributed by atoms with E-state index in [9.17, 15) is 18.0 Å². The lowest BCUT2D eigenvalue weighted by Crippen LogP contribution is -2.34. The van der Waals surface area contributed by atoms with Crippen molar-refractivity contribution in [1.82, 2.24) is 4.90 Å². The molecule has 1 amide bonds. The van der Waals surface area contributed by atoms with E-state index in [1.165, 1.54) is 34.9 Å². The summed E-state index contributed by atoms with van der Waals surface area (Å²) in [6.07, 6.45) is -4.13. The van der Waals surface area contributed by atoms with Crippen LogP contribution >= 0.6 is 11.8 Å². The van der Waals surface area contributed by atoms with Crippen molar-refractivity contribution in [3.05, 3.63) is 59.7 Å². The van der Waals surface area contributed by atoms with E-state index < -0.39 is 6.36 Å². The van der Waals surface area contributed by atoms with Crippen LogP contribution in [-0.2, 0) is 17.8 Å². The van der Waals surface area contributed by atoms with E-state index in [1.807, 2.05) is 24.3 Å². The fourth-order valence-electron chi connectivity index (χ4n) is 2.76.